The van der Waals surface area contributed by atoms with Crippen LogP contribution in [0.15, 0.2) is 59.6 Å². The third-order valence-electron chi connectivity index (χ3n) is 5.13. The second kappa shape index (κ2) is 8.41. The zero-order valence-electron chi connectivity index (χ0n) is 17.1. The third-order valence-corrected chi connectivity index (χ3v) is 5.13. The molecule has 0 amide bonds. The number of nitrogens with zero attached hydrogens (tertiary/aromatic N) is 2. The van der Waals surface area contributed by atoms with Crippen LogP contribution in [0.5, 0.6) is 0 Å². The van der Waals surface area contributed by atoms with Gasteiger partial charge in [-0.15, -0.1) is 0 Å². The molecule has 1 heterocycles. The minimum absolute atomic E-state index is 0.411. The standard InChI is InChI=1S/C22H20N4.CH4O3S/c23-22(25-26-14-4-7-15-5-1-2-9-20(15)26)24-19-13-12-17-11-10-16-6-3-8-18(19)21(16)17;1-5(2,3)4/h1-3,5-6,8-13H,4,7,14H2,(H3,23,24,25);1H3,(H,2,3,4). The summed E-state index contributed by atoms with van der Waals surface area (Å²) < 4.78 is 25.9. The van der Waals surface area contributed by atoms with Crippen molar-refractivity contribution >= 4 is 50.4 Å². The van der Waals surface area contributed by atoms with Gasteiger partial charge in [0.1, 0.15) is 0 Å². The van der Waals surface area contributed by atoms with Gasteiger partial charge in [-0.05, 0) is 47.1 Å². The lowest BCUT2D eigenvalue weighted by molar-refractivity contribution is 0.490. The number of benzene rings is 3. The molecule has 0 unspecified atom stereocenters. The van der Waals surface area contributed by atoms with E-state index in [4.69, 9.17) is 10.3 Å². The van der Waals surface area contributed by atoms with Crippen LogP contribution in [-0.4, -0.2) is 31.7 Å². The molecule has 0 fully saturated rings. The average molecular weight is 437 g/mol. The van der Waals surface area contributed by atoms with Gasteiger partial charge >= 0.3 is 0 Å². The Kier molecular flexibility index (Phi) is 5.67. The maximum atomic E-state index is 9.19. The van der Waals surface area contributed by atoms with E-state index >= 15 is 0 Å². The molecular formula is C23H24N4O3S. The number of nitrogens with one attached hydrogen (secondary N) is 1. The predicted molar refractivity (Wildman–Crippen MR) is 127 cm³/mol. The number of aliphatic imine (C=N–C) groups is 1. The Balaban J connectivity index is 0.000000418. The highest BCUT2D eigenvalue weighted by Gasteiger charge is 2.17. The van der Waals surface area contributed by atoms with Gasteiger partial charge in [0.15, 0.2) is 0 Å². The summed E-state index contributed by atoms with van der Waals surface area (Å²) in [5, 5.41) is 4.48. The van der Waals surface area contributed by atoms with Gasteiger partial charge in [0.05, 0.1) is 17.6 Å². The summed E-state index contributed by atoms with van der Waals surface area (Å²) in [7, 11) is -3.67. The molecule has 31 heavy (non-hydrogen) atoms. The lowest BCUT2D eigenvalue weighted by atomic mass is 10.0. The van der Waals surface area contributed by atoms with Gasteiger partial charge < -0.3 is 5.73 Å². The molecule has 160 valence electrons. The highest BCUT2D eigenvalue weighted by Crippen LogP contribution is 2.36. The highest BCUT2D eigenvalue weighted by atomic mass is 32.2. The fourth-order valence-corrected chi connectivity index (χ4v) is 3.95. The van der Waals surface area contributed by atoms with Crippen LogP contribution < -0.4 is 16.2 Å². The van der Waals surface area contributed by atoms with Crippen LogP contribution in [0.1, 0.15) is 23.1 Å². The molecule has 1 aliphatic carbocycles. The van der Waals surface area contributed by atoms with Crippen LogP contribution in [0.3, 0.4) is 0 Å². The number of hydrogen-bond donors (Lipinski definition) is 3. The number of rotatable bonds is 2. The van der Waals surface area contributed by atoms with Crippen molar-refractivity contribution in [1.29, 1.82) is 0 Å². The van der Waals surface area contributed by atoms with Gasteiger partial charge in [-0.2, -0.15) is 8.42 Å². The summed E-state index contributed by atoms with van der Waals surface area (Å²) in [5.74, 6) is 0.411. The van der Waals surface area contributed by atoms with Crippen molar-refractivity contribution in [3.05, 3.63) is 71.3 Å². The van der Waals surface area contributed by atoms with Gasteiger partial charge in [-0.1, -0.05) is 54.6 Å². The number of hydrazine groups is 1. The molecule has 0 radical (unpaired) electrons. The molecule has 0 bridgehead atoms. The van der Waals surface area contributed by atoms with E-state index in [9.17, 15) is 8.42 Å². The Hall–Kier alpha value is -3.36. The summed E-state index contributed by atoms with van der Waals surface area (Å²) >= 11 is 0. The molecule has 2 aliphatic rings. The van der Waals surface area contributed by atoms with E-state index in [1.54, 1.807) is 0 Å². The first-order valence-electron chi connectivity index (χ1n) is 9.92. The van der Waals surface area contributed by atoms with Gasteiger partial charge in [0.25, 0.3) is 10.1 Å². The zero-order valence-corrected chi connectivity index (χ0v) is 17.9. The molecule has 1 aliphatic heterocycles. The number of aryl methyl sites for hydroxylation is 1. The second-order valence-corrected chi connectivity index (χ2v) is 8.97. The molecule has 0 aromatic heterocycles. The highest BCUT2D eigenvalue weighted by molar-refractivity contribution is 7.85. The van der Waals surface area contributed by atoms with Crippen LogP contribution in [0.2, 0.25) is 0 Å². The van der Waals surface area contributed by atoms with Crippen molar-refractivity contribution in [1.82, 2.24) is 5.43 Å². The van der Waals surface area contributed by atoms with E-state index in [1.165, 1.54) is 27.8 Å². The largest absolute Gasteiger partial charge is 0.368 e. The number of anilines is 1. The first kappa shape index (κ1) is 20.9. The minimum Gasteiger partial charge on any atom is -0.368 e. The number of guanidine groups is 1. The Labute approximate surface area is 181 Å². The van der Waals surface area contributed by atoms with Crippen LogP contribution in [0, 0.1) is 0 Å². The van der Waals surface area contributed by atoms with Crippen molar-refractivity contribution in [3.8, 4) is 0 Å². The van der Waals surface area contributed by atoms with E-state index in [0.29, 0.717) is 12.2 Å². The molecule has 7 nitrogen and oxygen atoms in total. The molecule has 5 rings (SSSR count). The summed E-state index contributed by atoms with van der Waals surface area (Å²) in [4.78, 5) is 4.68. The molecule has 0 spiro atoms. The average Bonchev–Trinajstić information content (AvgIpc) is 3.14. The van der Waals surface area contributed by atoms with Crippen LogP contribution in [0.25, 0.3) is 22.9 Å². The van der Waals surface area contributed by atoms with E-state index in [1.807, 2.05) is 6.07 Å². The molecule has 4 N–H and O–H groups in total. The van der Waals surface area contributed by atoms with Crippen molar-refractivity contribution in [2.24, 2.45) is 10.7 Å². The van der Waals surface area contributed by atoms with E-state index < -0.39 is 10.1 Å². The number of fused-ring (bicyclic) bond motifs is 1. The lowest BCUT2D eigenvalue weighted by Gasteiger charge is -2.31. The summed E-state index contributed by atoms with van der Waals surface area (Å²) in [6.07, 6.45) is 7.22. The summed E-state index contributed by atoms with van der Waals surface area (Å²) in [6.45, 7) is 0.918. The topological polar surface area (TPSA) is 108 Å². The van der Waals surface area contributed by atoms with E-state index in [0.717, 1.165) is 30.5 Å². The third kappa shape index (κ3) is 4.87. The predicted octanol–water partition coefficient (Wildman–Crippen LogP) is 3.73. The van der Waals surface area contributed by atoms with E-state index in [2.05, 4.69) is 76.1 Å². The number of para-hydroxylation sites is 1. The Morgan fingerprint density at radius 1 is 1.06 bits per heavy atom. The Morgan fingerprint density at radius 2 is 1.77 bits per heavy atom. The second-order valence-electron chi connectivity index (χ2n) is 7.50. The first-order chi connectivity index (χ1) is 14.8. The van der Waals surface area contributed by atoms with Gasteiger partial charge in [-0.3, -0.25) is 15.0 Å². The summed E-state index contributed by atoms with van der Waals surface area (Å²) in [6, 6.07) is 18.9. The maximum Gasteiger partial charge on any atom is 0.261 e. The van der Waals surface area contributed by atoms with Crippen molar-refractivity contribution in [2.75, 3.05) is 17.8 Å². The van der Waals surface area contributed by atoms with Crippen LogP contribution >= 0.6 is 0 Å². The maximum absolute atomic E-state index is 9.19. The van der Waals surface area contributed by atoms with Crippen molar-refractivity contribution in [3.63, 3.8) is 0 Å². The Morgan fingerprint density at radius 3 is 2.55 bits per heavy atom. The fraction of sp³-hybridized carbons (Fsp3) is 0.174. The summed E-state index contributed by atoms with van der Waals surface area (Å²) in [5.41, 5.74) is 15.4. The normalized spacial score (nSPS) is 14.8. The monoisotopic (exact) mass is 436 g/mol. The van der Waals surface area contributed by atoms with Crippen LogP contribution in [-0.2, 0) is 16.5 Å². The fourth-order valence-electron chi connectivity index (χ4n) is 3.95. The van der Waals surface area contributed by atoms with E-state index in [-0.39, 0.29) is 0 Å². The SMILES string of the molecule is CS(=O)(=O)O.NC(=Nc1ccc2c3c(cccc13)C=C2)NN1CCCc2ccccc21. The molecule has 0 saturated heterocycles. The lowest BCUT2D eigenvalue weighted by Crippen LogP contribution is -2.48. The number of hydrogen-bond acceptors (Lipinski definition) is 4. The zero-order chi connectivity index (χ0) is 22.0. The molecule has 8 heteroatoms. The van der Waals surface area contributed by atoms with Crippen LogP contribution in [0.4, 0.5) is 11.4 Å². The number of nitrogens with two attached hydrogens (primary N) is 1. The quantitative estimate of drug-likeness (QED) is 0.251. The molecule has 3 aromatic carbocycles. The molecule has 0 saturated carbocycles. The van der Waals surface area contributed by atoms with Gasteiger partial charge in [0.2, 0.25) is 5.96 Å². The van der Waals surface area contributed by atoms with Gasteiger partial charge in [0, 0.05) is 11.9 Å². The molecule has 3 aromatic rings. The first-order valence-corrected chi connectivity index (χ1v) is 11.8. The smallest absolute Gasteiger partial charge is 0.261 e. The minimum atomic E-state index is -3.67. The molecule has 0 atom stereocenters. The van der Waals surface area contributed by atoms with Crippen molar-refractivity contribution < 1.29 is 13.0 Å². The van der Waals surface area contributed by atoms with Gasteiger partial charge in [-0.25, -0.2) is 4.99 Å². The Bertz CT molecular complexity index is 1280. The molecular weight excluding hydrogens is 412 g/mol. The van der Waals surface area contributed by atoms with Crippen molar-refractivity contribution in [2.45, 2.75) is 12.8 Å².